The highest BCUT2D eigenvalue weighted by Gasteiger charge is 2.03. The van der Waals surface area contributed by atoms with Gasteiger partial charge in [0.25, 0.3) is 0 Å². The molecule has 0 amide bonds. The molecule has 0 saturated heterocycles. The molecule has 106 valence electrons. The zero-order valence-electron chi connectivity index (χ0n) is 12.7. The fourth-order valence-electron chi connectivity index (χ4n) is 1.97. The van der Waals surface area contributed by atoms with Crippen molar-refractivity contribution in [2.24, 2.45) is 5.92 Å². The molecule has 1 N–H and O–H groups in total. The van der Waals surface area contributed by atoms with Crippen LogP contribution in [0.3, 0.4) is 0 Å². The van der Waals surface area contributed by atoms with Crippen molar-refractivity contribution in [2.75, 3.05) is 19.7 Å². The number of nitrogens with one attached hydrogen (secondary N) is 1. The van der Waals surface area contributed by atoms with E-state index in [0.29, 0.717) is 12.5 Å². The minimum atomic E-state index is 0.709. The van der Waals surface area contributed by atoms with Gasteiger partial charge in [-0.2, -0.15) is 0 Å². The van der Waals surface area contributed by atoms with E-state index in [1.165, 1.54) is 11.1 Å². The summed E-state index contributed by atoms with van der Waals surface area (Å²) >= 11 is 0. The van der Waals surface area contributed by atoms with E-state index in [1.54, 1.807) is 0 Å². The molecule has 2 heteroatoms. The SMILES string of the molecule is CCOc1ccccc1C(C)=CCCNCC(C)C. The highest BCUT2D eigenvalue weighted by Crippen LogP contribution is 2.25. The second-order valence-corrected chi connectivity index (χ2v) is 5.20. The number of allylic oxidation sites excluding steroid dienone is 1. The summed E-state index contributed by atoms with van der Waals surface area (Å²) in [5, 5.41) is 3.46. The lowest BCUT2D eigenvalue weighted by atomic mass is 10.1. The zero-order valence-corrected chi connectivity index (χ0v) is 12.7. The van der Waals surface area contributed by atoms with Crippen molar-refractivity contribution in [3.63, 3.8) is 0 Å². The van der Waals surface area contributed by atoms with Crippen LogP contribution in [0.25, 0.3) is 5.57 Å². The molecule has 1 rings (SSSR count). The predicted molar refractivity (Wildman–Crippen MR) is 83.6 cm³/mol. The van der Waals surface area contributed by atoms with Crippen LogP contribution in [0, 0.1) is 5.92 Å². The Morgan fingerprint density at radius 1 is 1.32 bits per heavy atom. The molecule has 0 aliphatic carbocycles. The van der Waals surface area contributed by atoms with Crippen LogP contribution in [-0.4, -0.2) is 19.7 Å². The zero-order chi connectivity index (χ0) is 14.1. The Balaban J connectivity index is 2.54. The van der Waals surface area contributed by atoms with Crippen molar-refractivity contribution in [1.29, 1.82) is 0 Å². The summed E-state index contributed by atoms with van der Waals surface area (Å²) in [6, 6.07) is 8.24. The van der Waals surface area contributed by atoms with Crippen molar-refractivity contribution in [3.8, 4) is 5.75 Å². The highest BCUT2D eigenvalue weighted by atomic mass is 16.5. The van der Waals surface area contributed by atoms with Crippen LogP contribution in [0.5, 0.6) is 5.75 Å². The molecule has 0 heterocycles. The number of para-hydroxylation sites is 1. The summed E-state index contributed by atoms with van der Waals surface area (Å²) in [7, 11) is 0. The number of rotatable bonds is 8. The Labute approximate surface area is 117 Å². The standard InChI is InChI=1S/C17H27NO/c1-5-19-17-11-7-6-10-16(17)15(4)9-8-12-18-13-14(2)3/h6-7,9-11,14,18H,5,8,12-13H2,1-4H3. The van der Waals surface area contributed by atoms with Gasteiger partial charge in [-0.15, -0.1) is 0 Å². The van der Waals surface area contributed by atoms with E-state index in [9.17, 15) is 0 Å². The van der Waals surface area contributed by atoms with Crippen LogP contribution in [0.2, 0.25) is 0 Å². The molecule has 1 aromatic rings. The van der Waals surface area contributed by atoms with Crippen molar-refractivity contribution < 1.29 is 4.74 Å². The maximum absolute atomic E-state index is 5.66. The van der Waals surface area contributed by atoms with Crippen LogP contribution in [-0.2, 0) is 0 Å². The third-order valence-corrected chi connectivity index (χ3v) is 2.94. The van der Waals surface area contributed by atoms with E-state index in [1.807, 2.05) is 19.1 Å². The fraction of sp³-hybridized carbons (Fsp3) is 0.529. The van der Waals surface area contributed by atoms with E-state index in [-0.39, 0.29) is 0 Å². The van der Waals surface area contributed by atoms with Gasteiger partial charge in [0.1, 0.15) is 5.75 Å². The number of hydrogen-bond acceptors (Lipinski definition) is 2. The maximum atomic E-state index is 5.66. The summed E-state index contributed by atoms with van der Waals surface area (Å²) in [6.45, 7) is 11.5. The molecule has 0 aliphatic heterocycles. The lowest BCUT2D eigenvalue weighted by Crippen LogP contribution is -2.20. The Morgan fingerprint density at radius 2 is 2.05 bits per heavy atom. The van der Waals surface area contributed by atoms with Crippen LogP contribution < -0.4 is 10.1 Å². The van der Waals surface area contributed by atoms with Crippen LogP contribution >= 0.6 is 0 Å². The average molecular weight is 261 g/mol. The Kier molecular flexibility index (Phi) is 7.27. The molecule has 0 unspecified atom stereocenters. The Morgan fingerprint density at radius 3 is 2.74 bits per heavy atom. The molecule has 0 radical (unpaired) electrons. The topological polar surface area (TPSA) is 21.3 Å². The van der Waals surface area contributed by atoms with E-state index < -0.39 is 0 Å². The van der Waals surface area contributed by atoms with Crippen LogP contribution in [0.1, 0.15) is 39.7 Å². The summed E-state index contributed by atoms with van der Waals surface area (Å²) in [5.74, 6) is 1.69. The predicted octanol–water partition coefficient (Wildman–Crippen LogP) is 4.12. The van der Waals surface area contributed by atoms with E-state index in [2.05, 4.69) is 44.3 Å². The first kappa shape index (κ1) is 15.8. The van der Waals surface area contributed by atoms with Gasteiger partial charge in [-0.25, -0.2) is 0 Å². The molecule has 0 aromatic heterocycles. The van der Waals surface area contributed by atoms with Crippen molar-refractivity contribution in [1.82, 2.24) is 5.32 Å². The first-order valence-corrected chi connectivity index (χ1v) is 7.24. The monoisotopic (exact) mass is 261 g/mol. The van der Waals surface area contributed by atoms with Gasteiger partial charge in [0.2, 0.25) is 0 Å². The highest BCUT2D eigenvalue weighted by molar-refractivity contribution is 5.68. The molecule has 0 fully saturated rings. The minimum Gasteiger partial charge on any atom is -0.493 e. The molecular formula is C17H27NO. The summed E-state index contributed by atoms with van der Waals surface area (Å²) in [4.78, 5) is 0. The van der Waals surface area contributed by atoms with Gasteiger partial charge < -0.3 is 10.1 Å². The Bertz CT molecular complexity index is 396. The molecule has 0 saturated carbocycles. The molecule has 0 bridgehead atoms. The van der Waals surface area contributed by atoms with Gasteiger partial charge in [-0.1, -0.05) is 38.1 Å². The van der Waals surface area contributed by atoms with E-state index >= 15 is 0 Å². The summed E-state index contributed by atoms with van der Waals surface area (Å²) in [6.07, 6.45) is 3.34. The van der Waals surface area contributed by atoms with Gasteiger partial charge in [0, 0.05) is 5.56 Å². The Hall–Kier alpha value is -1.28. The largest absolute Gasteiger partial charge is 0.493 e. The molecule has 1 aromatic carbocycles. The number of hydrogen-bond donors (Lipinski definition) is 1. The first-order chi connectivity index (χ1) is 9.15. The normalized spacial score (nSPS) is 11.9. The second-order valence-electron chi connectivity index (χ2n) is 5.20. The quantitative estimate of drug-likeness (QED) is 0.711. The molecule has 0 atom stereocenters. The van der Waals surface area contributed by atoms with Gasteiger partial charge in [0.05, 0.1) is 6.61 Å². The summed E-state index contributed by atoms with van der Waals surface area (Å²) in [5.41, 5.74) is 2.49. The van der Waals surface area contributed by atoms with Gasteiger partial charge in [-0.3, -0.25) is 0 Å². The average Bonchev–Trinajstić information content (AvgIpc) is 2.39. The molecule has 19 heavy (non-hydrogen) atoms. The number of ether oxygens (including phenoxy) is 1. The van der Waals surface area contributed by atoms with Gasteiger partial charge in [-0.05, 0) is 50.9 Å². The number of benzene rings is 1. The third-order valence-electron chi connectivity index (χ3n) is 2.94. The lowest BCUT2D eigenvalue weighted by molar-refractivity contribution is 0.339. The van der Waals surface area contributed by atoms with Crippen LogP contribution in [0.4, 0.5) is 0 Å². The van der Waals surface area contributed by atoms with E-state index in [0.717, 1.165) is 25.3 Å². The van der Waals surface area contributed by atoms with Gasteiger partial charge in [0.15, 0.2) is 0 Å². The molecule has 0 aliphatic rings. The summed E-state index contributed by atoms with van der Waals surface area (Å²) < 4.78 is 5.66. The van der Waals surface area contributed by atoms with Crippen molar-refractivity contribution >= 4 is 5.57 Å². The van der Waals surface area contributed by atoms with Crippen LogP contribution in [0.15, 0.2) is 30.3 Å². The molecular weight excluding hydrogens is 234 g/mol. The second kappa shape index (κ2) is 8.76. The fourth-order valence-corrected chi connectivity index (χ4v) is 1.97. The first-order valence-electron chi connectivity index (χ1n) is 7.24. The smallest absolute Gasteiger partial charge is 0.126 e. The molecule has 2 nitrogen and oxygen atoms in total. The van der Waals surface area contributed by atoms with E-state index in [4.69, 9.17) is 4.74 Å². The minimum absolute atomic E-state index is 0.709. The molecule has 0 spiro atoms. The maximum Gasteiger partial charge on any atom is 0.126 e. The third kappa shape index (κ3) is 5.93. The lowest BCUT2D eigenvalue weighted by Gasteiger charge is -2.10. The van der Waals surface area contributed by atoms with Crippen molar-refractivity contribution in [3.05, 3.63) is 35.9 Å². The van der Waals surface area contributed by atoms with Crippen molar-refractivity contribution in [2.45, 2.75) is 34.1 Å². The van der Waals surface area contributed by atoms with Gasteiger partial charge >= 0.3 is 0 Å².